The number of nitrogens with zero attached hydrogens (tertiary/aromatic N) is 2. The Hall–Kier alpha value is -3.72. The maximum atomic E-state index is 14.2. The monoisotopic (exact) mass is 593 g/mol. The summed E-state index contributed by atoms with van der Waals surface area (Å²) in [6.07, 6.45) is 5.35. The number of amides is 2. The molecular formula is C33H40FN3O4S. The molecule has 9 heteroatoms. The van der Waals surface area contributed by atoms with Crippen LogP contribution in [0.4, 0.5) is 10.1 Å². The van der Waals surface area contributed by atoms with Crippen LogP contribution in [0.2, 0.25) is 0 Å². The first kappa shape index (κ1) is 31.2. The van der Waals surface area contributed by atoms with Gasteiger partial charge >= 0.3 is 0 Å². The summed E-state index contributed by atoms with van der Waals surface area (Å²) < 4.78 is 42.9. The molecule has 42 heavy (non-hydrogen) atoms. The summed E-state index contributed by atoms with van der Waals surface area (Å²) in [5.41, 5.74) is 2.62. The van der Waals surface area contributed by atoms with Gasteiger partial charge in [0.05, 0.1) is 10.6 Å². The van der Waals surface area contributed by atoms with Gasteiger partial charge in [0.15, 0.2) is 0 Å². The summed E-state index contributed by atoms with van der Waals surface area (Å²) in [4.78, 5) is 29.3. The number of hydrogen-bond acceptors (Lipinski definition) is 4. The molecule has 0 radical (unpaired) electrons. The van der Waals surface area contributed by atoms with E-state index in [9.17, 15) is 22.4 Å². The van der Waals surface area contributed by atoms with E-state index in [2.05, 4.69) is 5.32 Å². The Kier molecular flexibility index (Phi) is 10.4. The van der Waals surface area contributed by atoms with Crippen LogP contribution in [0, 0.1) is 19.7 Å². The zero-order chi connectivity index (χ0) is 30.3. The zero-order valence-corrected chi connectivity index (χ0v) is 25.4. The van der Waals surface area contributed by atoms with Crippen molar-refractivity contribution in [1.82, 2.24) is 10.2 Å². The van der Waals surface area contributed by atoms with Gasteiger partial charge in [0.25, 0.3) is 10.0 Å². The van der Waals surface area contributed by atoms with Crippen molar-refractivity contribution in [1.29, 1.82) is 0 Å². The molecule has 1 fully saturated rings. The highest BCUT2D eigenvalue weighted by Gasteiger charge is 2.34. The molecule has 1 aliphatic carbocycles. The Balaban J connectivity index is 1.71. The third-order valence-electron chi connectivity index (χ3n) is 7.88. The molecule has 0 spiro atoms. The van der Waals surface area contributed by atoms with Crippen LogP contribution >= 0.6 is 0 Å². The molecule has 1 saturated carbocycles. The summed E-state index contributed by atoms with van der Waals surface area (Å²) in [7, 11) is -4.14. The van der Waals surface area contributed by atoms with E-state index in [-0.39, 0.29) is 23.4 Å². The molecule has 0 aliphatic heterocycles. The van der Waals surface area contributed by atoms with Crippen molar-refractivity contribution in [3.63, 3.8) is 0 Å². The fourth-order valence-electron chi connectivity index (χ4n) is 5.44. The van der Waals surface area contributed by atoms with Crippen LogP contribution in [0.5, 0.6) is 0 Å². The molecule has 0 saturated heterocycles. The van der Waals surface area contributed by atoms with E-state index in [1.807, 2.05) is 13.8 Å². The zero-order valence-electron chi connectivity index (χ0n) is 24.6. The third-order valence-corrected chi connectivity index (χ3v) is 9.65. The van der Waals surface area contributed by atoms with Crippen molar-refractivity contribution < 1.29 is 22.4 Å². The molecule has 224 valence electrons. The van der Waals surface area contributed by atoms with Gasteiger partial charge in [-0.2, -0.15) is 0 Å². The second kappa shape index (κ2) is 14.0. The maximum Gasteiger partial charge on any atom is 0.264 e. The van der Waals surface area contributed by atoms with Crippen LogP contribution in [-0.4, -0.2) is 43.8 Å². The van der Waals surface area contributed by atoms with Crippen LogP contribution in [0.15, 0.2) is 77.7 Å². The number of sulfonamides is 1. The molecule has 0 aromatic heterocycles. The van der Waals surface area contributed by atoms with Crippen LogP contribution in [0.1, 0.15) is 62.1 Å². The maximum absolute atomic E-state index is 14.2. The summed E-state index contributed by atoms with van der Waals surface area (Å²) in [6.45, 7) is 5.02. The van der Waals surface area contributed by atoms with Crippen molar-refractivity contribution in [2.45, 2.75) is 82.8 Å². The Bertz CT molecular complexity index is 1470. The summed E-state index contributed by atoms with van der Waals surface area (Å²) in [5, 5.41) is 3.13. The molecule has 4 rings (SSSR count). The van der Waals surface area contributed by atoms with Gasteiger partial charge in [-0.1, -0.05) is 74.2 Å². The van der Waals surface area contributed by atoms with Gasteiger partial charge in [-0.25, -0.2) is 12.8 Å². The Morgan fingerprint density at radius 3 is 2.19 bits per heavy atom. The number of carbonyl (C=O) groups is 2. The molecule has 1 atom stereocenters. The molecule has 0 bridgehead atoms. The smallest absolute Gasteiger partial charge is 0.264 e. The minimum absolute atomic E-state index is 0.0297. The van der Waals surface area contributed by atoms with Gasteiger partial charge in [0.2, 0.25) is 11.8 Å². The van der Waals surface area contributed by atoms with Crippen molar-refractivity contribution >= 4 is 27.5 Å². The molecule has 7 nitrogen and oxygen atoms in total. The lowest BCUT2D eigenvalue weighted by Crippen LogP contribution is -2.54. The number of aryl methyl sites for hydroxylation is 2. The Morgan fingerprint density at radius 1 is 0.929 bits per heavy atom. The van der Waals surface area contributed by atoms with Gasteiger partial charge in [0.1, 0.15) is 18.4 Å². The largest absolute Gasteiger partial charge is 0.352 e. The SMILES string of the molecule is CC[C@H](C(=O)NC1CCCCC1)N(Cc1ccc(F)cc1)C(=O)CN(c1ccccc1C)S(=O)(=O)c1ccc(C)cc1. The second-order valence-electron chi connectivity index (χ2n) is 11.0. The molecule has 0 unspecified atom stereocenters. The van der Waals surface area contributed by atoms with Crippen LogP contribution in [0.25, 0.3) is 0 Å². The number of hydrogen-bond donors (Lipinski definition) is 1. The predicted molar refractivity (Wildman–Crippen MR) is 163 cm³/mol. The standard InChI is InChI=1S/C33H40FN3O4S/c1-4-30(33(39)35-28-11-6-5-7-12-28)36(22-26-16-18-27(34)19-17-26)32(38)23-37(31-13-9-8-10-25(31)3)42(40,41)29-20-14-24(2)15-21-29/h8-10,13-21,28,30H,4-7,11-12,22-23H2,1-3H3,(H,35,39)/t30-/m1/s1. The van der Waals surface area contributed by atoms with Crippen LogP contribution < -0.4 is 9.62 Å². The fraction of sp³-hybridized carbons (Fsp3) is 0.394. The molecule has 1 aliphatic rings. The van der Waals surface area contributed by atoms with E-state index in [1.165, 1.54) is 29.2 Å². The Morgan fingerprint density at radius 2 is 1.57 bits per heavy atom. The second-order valence-corrected chi connectivity index (χ2v) is 12.9. The highest BCUT2D eigenvalue weighted by molar-refractivity contribution is 7.92. The lowest BCUT2D eigenvalue weighted by atomic mass is 9.95. The van der Waals surface area contributed by atoms with Gasteiger partial charge < -0.3 is 10.2 Å². The van der Waals surface area contributed by atoms with Crippen molar-refractivity contribution in [2.24, 2.45) is 0 Å². The fourth-order valence-corrected chi connectivity index (χ4v) is 6.92. The number of carbonyl (C=O) groups excluding carboxylic acids is 2. The van der Waals surface area contributed by atoms with Crippen molar-refractivity contribution in [3.05, 3.63) is 95.3 Å². The van der Waals surface area contributed by atoms with E-state index in [4.69, 9.17) is 0 Å². The van der Waals surface area contributed by atoms with E-state index >= 15 is 0 Å². The van der Waals surface area contributed by atoms with Gasteiger partial charge in [-0.15, -0.1) is 0 Å². The third kappa shape index (κ3) is 7.56. The lowest BCUT2D eigenvalue weighted by Gasteiger charge is -2.34. The highest BCUT2D eigenvalue weighted by atomic mass is 32.2. The molecule has 2 amide bonds. The quantitative estimate of drug-likeness (QED) is 0.300. The normalized spacial score (nSPS) is 14.7. The number of halogens is 1. The highest BCUT2D eigenvalue weighted by Crippen LogP contribution is 2.28. The summed E-state index contributed by atoms with van der Waals surface area (Å²) in [5.74, 6) is -1.19. The first-order valence-corrected chi connectivity index (χ1v) is 16.0. The van der Waals surface area contributed by atoms with E-state index < -0.39 is 34.3 Å². The number of anilines is 1. The number of nitrogens with one attached hydrogen (secondary N) is 1. The summed E-state index contributed by atoms with van der Waals surface area (Å²) >= 11 is 0. The first-order valence-electron chi connectivity index (χ1n) is 14.6. The first-order chi connectivity index (χ1) is 20.1. The molecule has 3 aromatic carbocycles. The van der Waals surface area contributed by atoms with Crippen molar-refractivity contribution in [2.75, 3.05) is 10.8 Å². The van der Waals surface area contributed by atoms with Crippen LogP contribution in [0.3, 0.4) is 0 Å². The minimum Gasteiger partial charge on any atom is -0.352 e. The van der Waals surface area contributed by atoms with E-state index in [0.29, 0.717) is 23.2 Å². The topological polar surface area (TPSA) is 86.8 Å². The number of benzene rings is 3. The minimum atomic E-state index is -4.14. The molecule has 1 N–H and O–H groups in total. The molecule has 3 aromatic rings. The van der Waals surface area contributed by atoms with E-state index in [0.717, 1.165) is 42.0 Å². The number of para-hydroxylation sites is 1. The predicted octanol–water partition coefficient (Wildman–Crippen LogP) is 5.89. The lowest BCUT2D eigenvalue weighted by molar-refractivity contribution is -0.140. The Labute approximate surface area is 248 Å². The van der Waals surface area contributed by atoms with Gasteiger partial charge in [0, 0.05) is 12.6 Å². The van der Waals surface area contributed by atoms with Gasteiger partial charge in [-0.3, -0.25) is 13.9 Å². The number of rotatable bonds is 11. The van der Waals surface area contributed by atoms with Gasteiger partial charge in [-0.05, 0) is 74.6 Å². The van der Waals surface area contributed by atoms with Crippen LogP contribution in [-0.2, 0) is 26.2 Å². The van der Waals surface area contributed by atoms with Crippen molar-refractivity contribution in [3.8, 4) is 0 Å². The summed E-state index contributed by atoms with van der Waals surface area (Å²) in [6, 6.07) is 18.5. The van der Waals surface area contributed by atoms with E-state index in [1.54, 1.807) is 55.5 Å². The molecule has 0 heterocycles. The average Bonchev–Trinajstić information content (AvgIpc) is 2.98. The molecular weight excluding hydrogens is 553 g/mol. The average molecular weight is 594 g/mol.